The number of aryl methyl sites for hydroxylation is 1. The van der Waals surface area contributed by atoms with Crippen molar-refractivity contribution in [2.75, 3.05) is 36.0 Å². The monoisotopic (exact) mass is 350 g/mol. The number of hydrogen-bond donors (Lipinski definition) is 1. The first-order valence-corrected chi connectivity index (χ1v) is 8.62. The first-order chi connectivity index (χ1) is 12.8. The summed E-state index contributed by atoms with van der Waals surface area (Å²) in [5.74, 6) is 2.64. The summed E-state index contributed by atoms with van der Waals surface area (Å²) in [5, 5.41) is 12.9. The zero-order chi connectivity index (χ0) is 17.5. The van der Waals surface area contributed by atoms with Crippen LogP contribution in [-0.2, 0) is 0 Å². The predicted molar refractivity (Wildman–Crippen MR) is 96.2 cm³/mol. The second-order valence-electron chi connectivity index (χ2n) is 6.33. The van der Waals surface area contributed by atoms with Crippen molar-refractivity contribution in [1.82, 2.24) is 39.7 Å². The molecule has 0 unspecified atom stereocenters. The molecule has 1 fully saturated rings. The number of aromatic nitrogens is 8. The SMILES string of the molecule is Cc1nnc2ccc(N3CCCN(c4ncnc5nc[nH]c45)CC3)nn12. The van der Waals surface area contributed by atoms with E-state index in [0.717, 1.165) is 61.2 Å². The van der Waals surface area contributed by atoms with Crippen LogP contribution in [0.2, 0.25) is 0 Å². The van der Waals surface area contributed by atoms with Crippen LogP contribution in [-0.4, -0.2) is 65.9 Å². The van der Waals surface area contributed by atoms with Gasteiger partial charge in [0.2, 0.25) is 0 Å². The first-order valence-electron chi connectivity index (χ1n) is 8.62. The van der Waals surface area contributed by atoms with E-state index in [4.69, 9.17) is 5.10 Å². The van der Waals surface area contributed by atoms with Crippen molar-refractivity contribution in [3.8, 4) is 0 Å². The molecule has 4 aromatic rings. The van der Waals surface area contributed by atoms with Crippen LogP contribution in [0.15, 0.2) is 24.8 Å². The Labute approximate surface area is 148 Å². The Morgan fingerprint density at radius 2 is 1.85 bits per heavy atom. The minimum Gasteiger partial charge on any atom is -0.353 e. The van der Waals surface area contributed by atoms with Gasteiger partial charge in [-0.05, 0) is 25.5 Å². The highest BCUT2D eigenvalue weighted by molar-refractivity contribution is 5.82. The van der Waals surface area contributed by atoms with E-state index in [0.29, 0.717) is 5.65 Å². The number of rotatable bonds is 2. The number of aromatic amines is 1. The number of imidazole rings is 1. The van der Waals surface area contributed by atoms with Crippen LogP contribution in [0.25, 0.3) is 16.8 Å². The largest absolute Gasteiger partial charge is 0.353 e. The molecular weight excluding hydrogens is 332 g/mol. The molecule has 5 heterocycles. The Morgan fingerprint density at radius 1 is 0.962 bits per heavy atom. The number of fused-ring (bicyclic) bond motifs is 2. The van der Waals surface area contributed by atoms with Crippen molar-refractivity contribution in [2.24, 2.45) is 0 Å². The van der Waals surface area contributed by atoms with Gasteiger partial charge in [0.05, 0.1) is 6.33 Å². The van der Waals surface area contributed by atoms with Gasteiger partial charge in [-0.3, -0.25) is 0 Å². The molecular formula is C16H18N10. The van der Waals surface area contributed by atoms with Gasteiger partial charge in [-0.2, -0.15) is 4.52 Å². The van der Waals surface area contributed by atoms with Gasteiger partial charge >= 0.3 is 0 Å². The number of anilines is 2. The lowest BCUT2D eigenvalue weighted by molar-refractivity contribution is 0.769. The molecule has 0 saturated carbocycles. The zero-order valence-electron chi connectivity index (χ0n) is 14.4. The molecule has 26 heavy (non-hydrogen) atoms. The zero-order valence-corrected chi connectivity index (χ0v) is 14.4. The fraction of sp³-hybridized carbons (Fsp3) is 0.375. The van der Waals surface area contributed by atoms with Crippen LogP contribution < -0.4 is 9.80 Å². The van der Waals surface area contributed by atoms with E-state index in [9.17, 15) is 0 Å². The fourth-order valence-electron chi connectivity index (χ4n) is 3.41. The third-order valence-electron chi connectivity index (χ3n) is 4.73. The average Bonchev–Trinajstić information content (AvgIpc) is 3.21. The maximum absolute atomic E-state index is 4.70. The molecule has 0 aliphatic carbocycles. The minimum atomic E-state index is 0.700. The Balaban J connectivity index is 1.41. The Morgan fingerprint density at radius 3 is 2.81 bits per heavy atom. The Bertz CT molecular complexity index is 1070. The number of nitrogens with zero attached hydrogens (tertiary/aromatic N) is 9. The van der Waals surface area contributed by atoms with Crippen LogP contribution in [0.5, 0.6) is 0 Å². The van der Waals surface area contributed by atoms with Crippen molar-refractivity contribution >= 4 is 28.4 Å². The van der Waals surface area contributed by atoms with E-state index in [-0.39, 0.29) is 0 Å². The van der Waals surface area contributed by atoms with Gasteiger partial charge in [0.25, 0.3) is 0 Å². The quantitative estimate of drug-likeness (QED) is 0.566. The van der Waals surface area contributed by atoms with Crippen LogP contribution in [0.3, 0.4) is 0 Å². The summed E-state index contributed by atoms with van der Waals surface area (Å²) < 4.78 is 1.79. The average molecular weight is 350 g/mol. The highest BCUT2D eigenvalue weighted by Crippen LogP contribution is 2.22. The summed E-state index contributed by atoms with van der Waals surface area (Å²) in [4.78, 5) is 20.6. The predicted octanol–water partition coefficient (Wildman–Crippen LogP) is 0.816. The molecule has 0 atom stereocenters. The van der Waals surface area contributed by atoms with Crippen LogP contribution in [0.4, 0.5) is 11.6 Å². The lowest BCUT2D eigenvalue weighted by Gasteiger charge is -2.23. The summed E-state index contributed by atoms with van der Waals surface area (Å²) in [6.07, 6.45) is 4.25. The third-order valence-corrected chi connectivity index (χ3v) is 4.73. The molecule has 0 bridgehead atoms. The summed E-state index contributed by atoms with van der Waals surface area (Å²) in [7, 11) is 0. The number of hydrogen-bond acceptors (Lipinski definition) is 8. The van der Waals surface area contributed by atoms with E-state index in [1.807, 2.05) is 19.1 Å². The first kappa shape index (κ1) is 15.0. The topological polar surface area (TPSA) is 104 Å². The molecule has 0 aromatic carbocycles. The van der Waals surface area contributed by atoms with Gasteiger partial charge in [0.15, 0.2) is 22.9 Å². The Kier molecular flexibility index (Phi) is 3.40. The molecule has 10 heteroatoms. The molecule has 0 spiro atoms. The molecule has 10 nitrogen and oxygen atoms in total. The van der Waals surface area contributed by atoms with Crippen molar-refractivity contribution in [3.05, 3.63) is 30.6 Å². The van der Waals surface area contributed by atoms with E-state index in [2.05, 4.69) is 39.9 Å². The van der Waals surface area contributed by atoms with Crippen LogP contribution >= 0.6 is 0 Å². The van der Waals surface area contributed by atoms with Crippen molar-refractivity contribution in [1.29, 1.82) is 0 Å². The molecule has 5 rings (SSSR count). The second kappa shape index (κ2) is 5.90. The van der Waals surface area contributed by atoms with Gasteiger partial charge in [-0.1, -0.05) is 0 Å². The van der Waals surface area contributed by atoms with Crippen LogP contribution in [0, 0.1) is 6.92 Å². The normalized spacial score (nSPS) is 15.7. The van der Waals surface area contributed by atoms with E-state index >= 15 is 0 Å². The number of nitrogens with one attached hydrogen (secondary N) is 1. The highest BCUT2D eigenvalue weighted by Gasteiger charge is 2.20. The molecule has 132 valence electrons. The molecule has 1 aliphatic heterocycles. The van der Waals surface area contributed by atoms with Crippen molar-refractivity contribution < 1.29 is 0 Å². The van der Waals surface area contributed by atoms with Gasteiger partial charge in [-0.25, -0.2) is 15.0 Å². The fourth-order valence-corrected chi connectivity index (χ4v) is 3.41. The summed E-state index contributed by atoms with van der Waals surface area (Å²) in [5.41, 5.74) is 2.36. The standard InChI is InChI=1S/C16H18N10/c1-11-21-22-12-3-4-13(23-26(11)12)24-5-2-6-25(8-7-24)16-14-15(18-9-17-14)19-10-20-16/h3-4,9-10H,2,5-8H2,1H3,(H,17,18,19,20). The Hall–Kier alpha value is -3.30. The van der Waals surface area contributed by atoms with Crippen molar-refractivity contribution in [2.45, 2.75) is 13.3 Å². The highest BCUT2D eigenvalue weighted by atomic mass is 15.4. The van der Waals surface area contributed by atoms with Gasteiger partial charge < -0.3 is 14.8 Å². The van der Waals surface area contributed by atoms with Crippen LogP contribution in [0.1, 0.15) is 12.2 Å². The van der Waals surface area contributed by atoms with E-state index < -0.39 is 0 Å². The lowest BCUT2D eigenvalue weighted by atomic mass is 10.3. The van der Waals surface area contributed by atoms with Gasteiger partial charge in [0, 0.05) is 26.2 Å². The maximum Gasteiger partial charge on any atom is 0.182 e. The molecule has 0 amide bonds. The molecule has 1 aliphatic rings. The van der Waals surface area contributed by atoms with Crippen molar-refractivity contribution in [3.63, 3.8) is 0 Å². The lowest BCUT2D eigenvalue weighted by Crippen LogP contribution is -2.32. The number of H-pyrrole nitrogens is 1. The van der Waals surface area contributed by atoms with Gasteiger partial charge in [-0.15, -0.1) is 15.3 Å². The van der Waals surface area contributed by atoms with E-state index in [1.54, 1.807) is 17.2 Å². The maximum atomic E-state index is 4.70. The molecule has 4 aromatic heterocycles. The minimum absolute atomic E-state index is 0.700. The van der Waals surface area contributed by atoms with Gasteiger partial charge in [0.1, 0.15) is 17.7 Å². The summed E-state index contributed by atoms with van der Waals surface area (Å²) >= 11 is 0. The summed E-state index contributed by atoms with van der Waals surface area (Å²) in [6, 6.07) is 3.97. The molecule has 1 saturated heterocycles. The molecule has 0 radical (unpaired) electrons. The third kappa shape index (κ3) is 2.41. The van der Waals surface area contributed by atoms with E-state index in [1.165, 1.54) is 0 Å². The summed E-state index contributed by atoms with van der Waals surface area (Å²) in [6.45, 7) is 5.49. The smallest absolute Gasteiger partial charge is 0.182 e. The second-order valence-corrected chi connectivity index (χ2v) is 6.33. The molecule has 1 N–H and O–H groups in total.